The van der Waals surface area contributed by atoms with Gasteiger partial charge in [0.15, 0.2) is 11.5 Å². The minimum absolute atomic E-state index is 0.0618. The maximum absolute atomic E-state index is 13.2. The monoisotopic (exact) mass is 414 g/mol. The predicted molar refractivity (Wildman–Crippen MR) is 122 cm³/mol. The van der Waals surface area contributed by atoms with Crippen molar-refractivity contribution >= 4 is 22.6 Å². The van der Waals surface area contributed by atoms with Crippen LogP contribution in [0.15, 0.2) is 76.7 Å². The summed E-state index contributed by atoms with van der Waals surface area (Å²) in [7, 11) is 2.16. The molecule has 0 aliphatic carbocycles. The maximum atomic E-state index is 13.2. The number of benzene rings is 1. The smallest absolute Gasteiger partial charge is 0.255 e. The van der Waals surface area contributed by atoms with E-state index >= 15 is 0 Å². The zero-order chi connectivity index (χ0) is 21.4. The van der Waals surface area contributed by atoms with Crippen molar-refractivity contribution in [1.29, 1.82) is 0 Å². The molecule has 1 amide bonds. The molecule has 0 saturated carbocycles. The maximum Gasteiger partial charge on any atom is 0.255 e. The van der Waals surface area contributed by atoms with E-state index in [1.54, 1.807) is 11.0 Å². The quantitative estimate of drug-likeness (QED) is 0.747. The van der Waals surface area contributed by atoms with Gasteiger partial charge in [0.05, 0.1) is 5.70 Å². The van der Waals surface area contributed by atoms with Crippen LogP contribution in [0.5, 0.6) is 0 Å². The van der Waals surface area contributed by atoms with E-state index in [2.05, 4.69) is 27.9 Å². The highest BCUT2D eigenvalue weighted by molar-refractivity contribution is 6.00. The molecule has 5 rings (SSSR count). The second-order valence-corrected chi connectivity index (χ2v) is 8.21. The molecule has 0 N–H and O–H groups in total. The van der Waals surface area contributed by atoms with Gasteiger partial charge >= 0.3 is 0 Å². The molecule has 3 aliphatic heterocycles. The van der Waals surface area contributed by atoms with Gasteiger partial charge in [-0.25, -0.2) is 4.98 Å². The molecule has 6 heteroatoms. The second-order valence-electron chi connectivity index (χ2n) is 8.21. The summed E-state index contributed by atoms with van der Waals surface area (Å²) in [4.78, 5) is 24.0. The van der Waals surface area contributed by atoms with Crippen molar-refractivity contribution in [2.24, 2.45) is 0 Å². The highest BCUT2D eigenvalue weighted by Gasteiger charge is 2.22. The van der Waals surface area contributed by atoms with Crippen LogP contribution in [0.3, 0.4) is 0 Å². The van der Waals surface area contributed by atoms with Crippen molar-refractivity contribution in [3.8, 4) is 0 Å². The molecule has 4 heterocycles. The number of oxazole rings is 1. The Hall–Kier alpha value is -3.38. The SMILES string of the molecule is Cc1nc2ccc(C3=CC(=O)N4C=C(N5CCCN(C)CC5)C=C/C4=C\C=C3)cc2o1. The first-order valence-corrected chi connectivity index (χ1v) is 10.7. The lowest BCUT2D eigenvalue weighted by Gasteiger charge is -2.30. The van der Waals surface area contributed by atoms with Crippen LogP contribution < -0.4 is 0 Å². The Morgan fingerprint density at radius 1 is 1.03 bits per heavy atom. The number of hydrogen-bond donors (Lipinski definition) is 0. The molecule has 0 bridgehead atoms. The van der Waals surface area contributed by atoms with Gasteiger partial charge in [-0.3, -0.25) is 9.69 Å². The molecule has 3 aliphatic rings. The van der Waals surface area contributed by atoms with E-state index in [4.69, 9.17) is 4.42 Å². The molecule has 2 aromatic rings. The Bertz CT molecular complexity index is 1180. The van der Waals surface area contributed by atoms with E-state index in [1.165, 1.54) is 0 Å². The third-order valence-electron chi connectivity index (χ3n) is 5.94. The van der Waals surface area contributed by atoms with Crippen LogP contribution in [-0.2, 0) is 4.79 Å². The summed E-state index contributed by atoms with van der Waals surface area (Å²) >= 11 is 0. The lowest BCUT2D eigenvalue weighted by atomic mass is 10.0. The average molecular weight is 415 g/mol. The summed E-state index contributed by atoms with van der Waals surface area (Å²) in [6.45, 7) is 5.93. The standard InChI is InChI=1S/C25H26N4O2/c1-18-26-23-10-7-20(15-24(23)31-18)19-5-3-6-21-8-9-22(17-29(21)25(30)16-19)28-12-4-11-27(2)13-14-28/h3,5-10,15-17H,4,11-14H2,1-2H3/b5-3?,19-16?,21-6+. The normalized spacial score (nSPS) is 21.7. The Balaban J connectivity index is 1.45. The van der Waals surface area contributed by atoms with Gasteiger partial charge in [-0.05, 0) is 61.5 Å². The number of carbonyl (C=O) groups is 1. The number of rotatable bonds is 2. The first-order valence-electron chi connectivity index (χ1n) is 10.7. The molecule has 6 nitrogen and oxygen atoms in total. The zero-order valence-corrected chi connectivity index (χ0v) is 17.9. The number of aromatic nitrogens is 1. The van der Waals surface area contributed by atoms with Crippen molar-refractivity contribution in [2.75, 3.05) is 33.2 Å². The van der Waals surface area contributed by atoms with Crippen LogP contribution >= 0.6 is 0 Å². The van der Waals surface area contributed by atoms with Gasteiger partial charge in [0.25, 0.3) is 5.91 Å². The molecule has 1 aromatic carbocycles. The van der Waals surface area contributed by atoms with E-state index < -0.39 is 0 Å². The number of aryl methyl sites for hydroxylation is 1. The van der Waals surface area contributed by atoms with Crippen molar-refractivity contribution in [2.45, 2.75) is 13.3 Å². The van der Waals surface area contributed by atoms with Gasteiger partial charge in [0.2, 0.25) is 0 Å². The van der Waals surface area contributed by atoms with Crippen LogP contribution in [-0.4, -0.2) is 58.8 Å². The number of hydrogen-bond acceptors (Lipinski definition) is 5. The Morgan fingerprint density at radius 3 is 2.81 bits per heavy atom. The van der Waals surface area contributed by atoms with E-state index in [9.17, 15) is 4.79 Å². The van der Waals surface area contributed by atoms with Crippen LogP contribution in [0.4, 0.5) is 0 Å². The molecular formula is C25H26N4O2. The fourth-order valence-electron chi connectivity index (χ4n) is 4.22. The third kappa shape index (κ3) is 3.99. The number of fused-ring (bicyclic) bond motifs is 2. The molecule has 0 radical (unpaired) electrons. The number of allylic oxidation sites excluding steroid dienone is 6. The van der Waals surface area contributed by atoms with Crippen molar-refractivity contribution in [1.82, 2.24) is 19.7 Å². The molecule has 0 atom stereocenters. The van der Waals surface area contributed by atoms with Gasteiger partial charge in [0, 0.05) is 44.5 Å². The van der Waals surface area contributed by atoms with Gasteiger partial charge < -0.3 is 14.2 Å². The Kier molecular flexibility index (Phi) is 5.08. The average Bonchev–Trinajstić information content (AvgIpc) is 2.99. The van der Waals surface area contributed by atoms with Crippen molar-refractivity contribution < 1.29 is 9.21 Å². The molecular weight excluding hydrogens is 388 g/mol. The third-order valence-corrected chi connectivity index (χ3v) is 5.94. The molecule has 1 aromatic heterocycles. The van der Waals surface area contributed by atoms with Gasteiger partial charge in [-0.2, -0.15) is 0 Å². The van der Waals surface area contributed by atoms with E-state index in [0.29, 0.717) is 5.89 Å². The summed E-state index contributed by atoms with van der Waals surface area (Å²) in [5.41, 5.74) is 5.27. The number of likely N-dealkylation sites (N-methyl/N-ethyl adjacent to an activating group) is 1. The summed E-state index contributed by atoms with van der Waals surface area (Å²) in [5, 5.41) is 0. The predicted octanol–water partition coefficient (Wildman–Crippen LogP) is 3.85. The largest absolute Gasteiger partial charge is 0.441 e. The molecule has 31 heavy (non-hydrogen) atoms. The molecule has 0 unspecified atom stereocenters. The fraction of sp³-hybridized carbons (Fsp3) is 0.280. The number of nitrogens with zero attached hydrogens (tertiary/aromatic N) is 4. The molecule has 0 spiro atoms. The highest BCUT2D eigenvalue weighted by Crippen LogP contribution is 2.27. The van der Waals surface area contributed by atoms with Gasteiger partial charge in [-0.1, -0.05) is 18.2 Å². The van der Waals surface area contributed by atoms with Crippen LogP contribution in [0, 0.1) is 6.92 Å². The Morgan fingerprint density at radius 2 is 1.90 bits per heavy atom. The second kappa shape index (κ2) is 8.04. The first kappa shape index (κ1) is 19.6. The Labute approximate surface area is 182 Å². The fourth-order valence-corrected chi connectivity index (χ4v) is 4.22. The van der Waals surface area contributed by atoms with Gasteiger partial charge in [0.1, 0.15) is 5.52 Å². The zero-order valence-electron chi connectivity index (χ0n) is 17.9. The highest BCUT2D eigenvalue weighted by atomic mass is 16.3. The lowest BCUT2D eigenvalue weighted by Crippen LogP contribution is -2.32. The first-order chi connectivity index (χ1) is 15.1. The van der Waals surface area contributed by atoms with Crippen molar-refractivity contribution in [3.05, 3.63) is 83.7 Å². The van der Waals surface area contributed by atoms with E-state index in [-0.39, 0.29) is 5.91 Å². The van der Waals surface area contributed by atoms with E-state index in [1.807, 2.05) is 55.6 Å². The molecule has 158 valence electrons. The molecule has 1 saturated heterocycles. The van der Waals surface area contributed by atoms with Crippen LogP contribution in [0.2, 0.25) is 0 Å². The number of carbonyl (C=O) groups excluding carboxylic acids is 1. The summed E-state index contributed by atoms with van der Waals surface area (Å²) < 4.78 is 5.67. The summed E-state index contributed by atoms with van der Waals surface area (Å²) in [6.07, 6.45) is 14.8. The van der Waals surface area contributed by atoms with Crippen LogP contribution in [0.1, 0.15) is 17.9 Å². The topological polar surface area (TPSA) is 52.8 Å². The van der Waals surface area contributed by atoms with E-state index in [0.717, 1.165) is 66.2 Å². The summed E-state index contributed by atoms with van der Waals surface area (Å²) in [5.74, 6) is 0.573. The minimum Gasteiger partial charge on any atom is -0.441 e. The number of amides is 1. The van der Waals surface area contributed by atoms with Gasteiger partial charge in [-0.15, -0.1) is 0 Å². The van der Waals surface area contributed by atoms with Crippen molar-refractivity contribution in [3.63, 3.8) is 0 Å². The summed E-state index contributed by atoms with van der Waals surface area (Å²) in [6, 6.07) is 5.85. The van der Waals surface area contributed by atoms with Crippen LogP contribution in [0.25, 0.3) is 16.7 Å². The molecule has 1 fully saturated rings. The lowest BCUT2D eigenvalue weighted by molar-refractivity contribution is -0.122. The minimum atomic E-state index is -0.0618.